The molecule has 0 aromatic heterocycles. The van der Waals surface area contributed by atoms with Crippen LogP contribution in [0.15, 0.2) is 0 Å². The molecule has 1 saturated heterocycles. The first-order chi connectivity index (χ1) is 7.06. The molecule has 15 heavy (non-hydrogen) atoms. The first-order valence-electron chi connectivity index (χ1n) is 6.30. The summed E-state index contributed by atoms with van der Waals surface area (Å²) in [5, 5.41) is 0. The van der Waals surface area contributed by atoms with E-state index in [0.29, 0.717) is 6.04 Å². The summed E-state index contributed by atoms with van der Waals surface area (Å²) < 4.78 is 0. The van der Waals surface area contributed by atoms with E-state index in [9.17, 15) is 4.79 Å². The Morgan fingerprint density at radius 2 is 1.93 bits per heavy atom. The van der Waals surface area contributed by atoms with E-state index < -0.39 is 0 Å². The molecule has 2 aliphatic rings. The van der Waals surface area contributed by atoms with Gasteiger partial charge in [0, 0.05) is 11.6 Å². The Balaban J connectivity index is 2.23. The summed E-state index contributed by atoms with van der Waals surface area (Å²) in [7, 11) is 0. The predicted molar refractivity (Wildman–Crippen MR) is 61.5 cm³/mol. The van der Waals surface area contributed by atoms with Crippen molar-refractivity contribution < 1.29 is 4.79 Å². The van der Waals surface area contributed by atoms with Gasteiger partial charge in [0.25, 0.3) is 0 Å². The van der Waals surface area contributed by atoms with Crippen LogP contribution in [-0.4, -0.2) is 22.9 Å². The maximum Gasteiger partial charge on any atom is 0.210 e. The van der Waals surface area contributed by atoms with Gasteiger partial charge in [-0.3, -0.25) is 4.79 Å². The van der Waals surface area contributed by atoms with Crippen LogP contribution in [0.4, 0.5) is 0 Å². The summed E-state index contributed by atoms with van der Waals surface area (Å²) in [6, 6.07) is 0.523. The highest BCUT2D eigenvalue weighted by molar-refractivity contribution is 5.50. The highest BCUT2D eigenvalue weighted by Gasteiger charge is 2.45. The van der Waals surface area contributed by atoms with Crippen LogP contribution < -0.4 is 0 Å². The lowest BCUT2D eigenvalue weighted by molar-refractivity contribution is -0.136. The highest BCUT2D eigenvalue weighted by Crippen LogP contribution is 2.44. The van der Waals surface area contributed by atoms with Crippen molar-refractivity contribution in [1.29, 1.82) is 0 Å². The van der Waals surface area contributed by atoms with Crippen LogP contribution in [0.25, 0.3) is 0 Å². The van der Waals surface area contributed by atoms with E-state index in [1.807, 2.05) is 0 Å². The molecule has 1 aliphatic heterocycles. The van der Waals surface area contributed by atoms with Crippen molar-refractivity contribution in [2.24, 2.45) is 11.8 Å². The fourth-order valence-corrected chi connectivity index (χ4v) is 3.86. The van der Waals surface area contributed by atoms with Gasteiger partial charge in [0.1, 0.15) is 0 Å². The van der Waals surface area contributed by atoms with Crippen LogP contribution >= 0.6 is 0 Å². The van der Waals surface area contributed by atoms with Crippen molar-refractivity contribution in [3.05, 3.63) is 0 Å². The van der Waals surface area contributed by atoms with E-state index in [2.05, 4.69) is 25.7 Å². The molecule has 0 N–H and O–H groups in total. The van der Waals surface area contributed by atoms with Crippen LogP contribution in [-0.2, 0) is 4.79 Å². The van der Waals surface area contributed by atoms with Gasteiger partial charge < -0.3 is 4.90 Å². The predicted octanol–water partition coefficient (Wildman–Crippen LogP) is 2.82. The lowest BCUT2D eigenvalue weighted by Gasteiger charge is -2.54. The summed E-state index contributed by atoms with van der Waals surface area (Å²) in [5.74, 6) is 1.54. The fourth-order valence-electron chi connectivity index (χ4n) is 3.86. The van der Waals surface area contributed by atoms with Gasteiger partial charge in [-0.25, -0.2) is 0 Å². The van der Waals surface area contributed by atoms with Crippen molar-refractivity contribution in [2.75, 3.05) is 0 Å². The molecule has 2 heteroatoms. The molecule has 1 saturated carbocycles. The van der Waals surface area contributed by atoms with Gasteiger partial charge in [0.05, 0.1) is 0 Å². The van der Waals surface area contributed by atoms with Gasteiger partial charge in [-0.1, -0.05) is 19.8 Å². The number of hydrogen-bond donors (Lipinski definition) is 0. The van der Waals surface area contributed by atoms with Crippen LogP contribution in [0, 0.1) is 11.8 Å². The smallest absolute Gasteiger partial charge is 0.210 e. The minimum absolute atomic E-state index is 0.0691. The summed E-state index contributed by atoms with van der Waals surface area (Å²) >= 11 is 0. The molecule has 2 fully saturated rings. The van der Waals surface area contributed by atoms with Gasteiger partial charge in [0.2, 0.25) is 6.41 Å². The van der Waals surface area contributed by atoms with Crippen molar-refractivity contribution in [3.63, 3.8) is 0 Å². The first-order valence-corrected chi connectivity index (χ1v) is 6.30. The number of carbonyl (C=O) groups is 1. The molecular weight excluding hydrogens is 186 g/mol. The summed E-state index contributed by atoms with van der Waals surface area (Å²) in [6.45, 7) is 6.79. The maximum atomic E-state index is 11.3. The van der Waals surface area contributed by atoms with Crippen molar-refractivity contribution in [1.82, 2.24) is 4.90 Å². The Labute approximate surface area is 93.0 Å². The number of fused-ring (bicyclic) bond motifs is 1. The van der Waals surface area contributed by atoms with E-state index >= 15 is 0 Å². The molecule has 0 spiro atoms. The average molecular weight is 209 g/mol. The lowest BCUT2D eigenvalue weighted by Crippen LogP contribution is -2.59. The van der Waals surface area contributed by atoms with Gasteiger partial charge in [-0.05, 0) is 44.9 Å². The largest absolute Gasteiger partial charge is 0.337 e. The van der Waals surface area contributed by atoms with Gasteiger partial charge in [-0.2, -0.15) is 0 Å². The maximum absolute atomic E-state index is 11.3. The monoisotopic (exact) mass is 209 g/mol. The molecule has 86 valence electrons. The second-order valence-corrected chi connectivity index (χ2v) is 6.02. The second kappa shape index (κ2) is 3.80. The highest BCUT2D eigenvalue weighted by atomic mass is 16.1. The van der Waals surface area contributed by atoms with E-state index in [1.165, 1.54) is 25.7 Å². The third-order valence-corrected chi connectivity index (χ3v) is 4.50. The first kappa shape index (κ1) is 11.0. The molecular formula is C13H23NO. The van der Waals surface area contributed by atoms with Gasteiger partial charge >= 0.3 is 0 Å². The number of rotatable bonds is 1. The number of nitrogens with zero attached hydrogens (tertiary/aromatic N) is 1. The van der Waals surface area contributed by atoms with E-state index in [0.717, 1.165) is 24.7 Å². The summed E-state index contributed by atoms with van der Waals surface area (Å²) in [5.41, 5.74) is 0.0691. The molecule has 2 nitrogen and oxygen atoms in total. The van der Waals surface area contributed by atoms with Crippen LogP contribution in [0.3, 0.4) is 0 Å². The molecule has 2 rings (SSSR count). The van der Waals surface area contributed by atoms with E-state index in [1.54, 1.807) is 0 Å². The van der Waals surface area contributed by atoms with Crippen molar-refractivity contribution >= 4 is 6.41 Å². The Morgan fingerprint density at radius 3 is 2.60 bits per heavy atom. The SMILES string of the molecule is CC1CC(C)(C)N(C=O)C2CCCCC12. The Morgan fingerprint density at radius 1 is 1.27 bits per heavy atom. The normalized spacial score (nSPS) is 39.7. The molecule has 1 aliphatic carbocycles. The molecule has 0 aromatic rings. The molecule has 3 unspecified atom stereocenters. The Kier molecular flexibility index (Phi) is 2.78. The zero-order chi connectivity index (χ0) is 11.1. The fraction of sp³-hybridized carbons (Fsp3) is 0.923. The number of carbonyl (C=O) groups excluding carboxylic acids is 1. The zero-order valence-electron chi connectivity index (χ0n) is 10.2. The lowest BCUT2D eigenvalue weighted by atomic mass is 9.68. The minimum Gasteiger partial charge on any atom is -0.337 e. The van der Waals surface area contributed by atoms with Crippen molar-refractivity contribution in [3.8, 4) is 0 Å². The van der Waals surface area contributed by atoms with Crippen LogP contribution in [0.1, 0.15) is 52.9 Å². The van der Waals surface area contributed by atoms with Crippen molar-refractivity contribution in [2.45, 2.75) is 64.5 Å². The van der Waals surface area contributed by atoms with Crippen LogP contribution in [0.5, 0.6) is 0 Å². The Bertz CT molecular complexity index is 249. The summed E-state index contributed by atoms with van der Waals surface area (Å²) in [4.78, 5) is 13.4. The second-order valence-electron chi connectivity index (χ2n) is 6.02. The minimum atomic E-state index is 0.0691. The number of amides is 1. The molecule has 1 heterocycles. The third kappa shape index (κ3) is 1.79. The number of piperidine rings is 1. The molecule has 0 aromatic carbocycles. The standard InChI is InChI=1S/C13H23NO/c1-10-8-13(2,3)14(9-15)12-7-5-4-6-11(10)12/h9-12H,4-8H2,1-3H3. The van der Waals surface area contributed by atoms with Crippen LogP contribution in [0.2, 0.25) is 0 Å². The quantitative estimate of drug-likeness (QED) is 0.608. The molecule has 1 amide bonds. The van der Waals surface area contributed by atoms with E-state index in [4.69, 9.17) is 0 Å². The number of hydrogen-bond acceptors (Lipinski definition) is 1. The van der Waals surface area contributed by atoms with E-state index in [-0.39, 0.29) is 5.54 Å². The number of likely N-dealkylation sites (tertiary alicyclic amines) is 1. The molecule has 0 radical (unpaired) electrons. The van der Waals surface area contributed by atoms with Gasteiger partial charge in [0.15, 0.2) is 0 Å². The zero-order valence-corrected chi connectivity index (χ0v) is 10.2. The third-order valence-electron chi connectivity index (χ3n) is 4.50. The Hall–Kier alpha value is -0.530. The summed E-state index contributed by atoms with van der Waals surface area (Å²) in [6.07, 6.45) is 7.46. The average Bonchev–Trinajstić information content (AvgIpc) is 2.17. The molecule has 3 atom stereocenters. The van der Waals surface area contributed by atoms with Gasteiger partial charge in [-0.15, -0.1) is 0 Å². The topological polar surface area (TPSA) is 20.3 Å². The molecule has 0 bridgehead atoms.